The summed E-state index contributed by atoms with van der Waals surface area (Å²) < 4.78 is 5.33. The van der Waals surface area contributed by atoms with Gasteiger partial charge in [0.2, 0.25) is 0 Å². The van der Waals surface area contributed by atoms with E-state index >= 15 is 0 Å². The van der Waals surface area contributed by atoms with Crippen LogP contribution in [0, 0.1) is 0 Å². The first-order valence-electron chi connectivity index (χ1n) is 8.65. The molecule has 128 valence electrons. The molecule has 5 nitrogen and oxygen atoms in total. The van der Waals surface area contributed by atoms with Crippen LogP contribution in [0.15, 0.2) is 29.3 Å². The second-order valence-electron chi connectivity index (χ2n) is 5.77. The predicted molar refractivity (Wildman–Crippen MR) is 95.9 cm³/mol. The molecule has 23 heavy (non-hydrogen) atoms. The highest BCUT2D eigenvalue weighted by atomic mass is 16.5. The van der Waals surface area contributed by atoms with Crippen LogP contribution in [-0.4, -0.2) is 57.3 Å². The fraction of sp³-hybridized carbons (Fsp3) is 0.611. The number of rotatable bonds is 8. The highest BCUT2D eigenvalue weighted by Crippen LogP contribution is 2.17. The summed E-state index contributed by atoms with van der Waals surface area (Å²) in [4.78, 5) is 6.76. The smallest absolute Gasteiger partial charge is 0.191 e. The molecule has 1 aromatic carbocycles. The molecule has 0 aliphatic carbocycles. The number of hydrogen-bond donors (Lipinski definition) is 2. The SMILES string of the molecule is CCOCCCNC(=NC)NCCN1CCc2ccccc2C1. The van der Waals surface area contributed by atoms with Crippen molar-refractivity contribution in [3.8, 4) is 0 Å². The Bertz CT molecular complexity index is 490. The third kappa shape index (κ3) is 6.20. The summed E-state index contributed by atoms with van der Waals surface area (Å²) in [6, 6.07) is 8.76. The van der Waals surface area contributed by atoms with E-state index < -0.39 is 0 Å². The maximum atomic E-state index is 5.33. The average molecular weight is 318 g/mol. The van der Waals surface area contributed by atoms with Gasteiger partial charge in [-0.2, -0.15) is 0 Å². The fourth-order valence-electron chi connectivity index (χ4n) is 2.82. The Balaban J connectivity index is 1.62. The summed E-state index contributed by atoms with van der Waals surface area (Å²) in [6.45, 7) is 8.63. The monoisotopic (exact) mass is 318 g/mol. The molecule has 0 radical (unpaired) electrons. The summed E-state index contributed by atoms with van der Waals surface area (Å²) in [5, 5.41) is 6.71. The molecule has 0 fully saturated rings. The van der Waals surface area contributed by atoms with E-state index in [1.165, 1.54) is 11.1 Å². The fourth-order valence-corrected chi connectivity index (χ4v) is 2.82. The molecule has 2 rings (SSSR count). The summed E-state index contributed by atoms with van der Waals surface area (Å²) >= 11 is 0. The zero-order valence-electron chi connectivity index (χ0n) is 14.5. The van der Waals surface area contributed by atoms with E-state index in [0.29, 0.717) is 0 Å². The molecule has 0 saturated heterocycles. The molecular weight excluding hydrogens is 288 g/mol. The number of hydrogen-bond acceptors (Lipinski definition) is 3. The van der Waals surface area contributed by atoms with Crippen molar-refractivity contribution >= 4 is 5.96 Å². The number of ether oxygens (including phenoxy) is 1. The Labute approximate surface area is 140 Å². The van der Waals surface area contributed by atoms with Crippen LogP contribution in [0.25, 0.3) is 0 Å². The van der Waals surface area contributed by atoms with Gasteiger partial charge < -0.3 is 15.4 Å². The maximum absolute atomic E-state index is 5.33. The minimum Gasteiger partial charge on any atom is -0.382 e. The molecule has 1 aliphatic heterocycles. The Morgan fingerprint density at radius 2 is 2.00 bits per heavy atom. The topological polar surface area (TPSA) is 48.9 Å². The molecule has 0 atom stereocenters. The van der Waals surface area contributed by atoms with Gasteiger partial charge in [-0.25, -0.2) is 0 Å². The molecule has 1 aromatic rings. The van der Waals surface area contributed by atoms with Crippen LogP contribution in [0.2, 0.25) is 0 Å². The number of nitrogens with one attached hydrogen (secondary N) is 2. The molecule has 2 N–H and O–H groups in total. The van der Waals surface area contributed by atoms with Gasteiger partial charge in [-0.3, -0.25) is 9.89 Å². The molecule has 0 unspecified atom stereocenters. The van der Waals surface area contributed by atoms with Gasteiger partial charge in [0.15, 0.2) is 5.96 Å². The average Bonchev–Trinajstić information content (AvgIpc) is 2.60. The lowest BCUT2D eigenvalue weighted by Gasteiger charge is -2.28. The summed E-state index contributed by atoms with van der Waals surface area (Å²) in [6.07, 6.45) is 2.15. The maximum Gasteiger partial charge on any atom is 0.191 e. The summed E-state index contributed by atoms with van der Waals surface area (Å²) in [7, 11) is 1.81. The van der Waals surface area contributed by atoms with Gasteiger partial charge in [0.25, 0.3) is 0 Å². The van der Waals surface area contributed by atoms with E-state index in [-0.39, 0.29) is 0 Å². The highest BCUT2D eigenvalue weighted by Gasteiger charge is 2.14. The molecule has 0 bridgehead atoms. The Kier molecular flexibility index (Phi) is 7.90. The van der Waals surface area contributed by atoms with Crippen molar-refractivity contribution in [2.75, 3.05) is 46.4 Å². The van der Waals surface area contributed by atoms with Crippen molar-refractivity contribution in [1.82, 2.24) is 15.5 Å². The van der Waals surface area contributed by atoms with Crippen molar-refractivity contribution < 1.29 is 4.74 Å². The van der Waals surface area contributed by atoms with Crippen molar-refractivity contribution in [1.29, 1.82) is 0 Å². The van der Waals surface area contributed by atoms with Gasteiger partial charge in [-0.05, 0) is 30.9 Å². The number of fused-ring (bicyclic) bond motifs is 1. The lowest BCUT2D eigenvalue weighted by molar-refractivity contribution is 0.145. The van der Waals surface area contributed by atoms with Crippen LogP contribution in [0.5, 0.6) is 0 Å². The van der Waals surface area contributed by atoms with Crippen LogP contribution in [0.3, 0.4) is 0 Å². The minimum absolute atomic E-state index is 0.784. The molecule has 1 heterocycles. The molecule has 0 amide bonds. The van der Waals surface area contributed by atoms with Crippen LogP contribution < -0.4 is 10.6 Å². The number of guanidine groups is 1. The third-order valence-corrected chi connectivity index (χ3v) is 4.12. The number of aliphatic imine (C=N–C) groups is 1. The van der Waals surface area contributed by atoms with Gasteiger partial charge >= 0.3 is 0 Å². The molecule has 5 heteroatoms. The van der Waals surface area contributed by atoms with Crippen molar-refractivity contribution in [3.05, 3.63) is 35.4 Å². The van der Waals surface area contributed by atoms with Gasteiger partial charge in [-0.15, -0.1) is 0 Å². The standard InChI is InChI=1S/C18H30N4O/c1-3-23-14-6-10-20-18(19-2)21-11-13-22-12-9-16-7-4-5-8-17(16)15-22/h4-5,7-8H,3,6,9-15H2,1-2H3,(H2,19,20,21). The van der Waals surface area contributed by atoms with E-state index in [1.807, 2.05) is 14.0 Å². The van der Waals surface area contributed by atoms with Crippen molar-refractivity contribution in [3.63, 3.8) is 0 Å². The molecular formula is C18H30N4O. The molecule has 0 aromatic heterocycles. The largest absolute Gasteiger partial charge is 0.382 e. The van der Waals surface area contributed by atoms with E-state index in [4.69, 9.17) is 4.74 Å². The summed E-state index contributed by atoms with van der Waals surface area (Å²) in [5.41, 5.74) is 2.97. The molecule has 0 saturated carbocycles. The van der Waals surface area contributed by atoms with E-state index in [9.17, 15) is 0 Å². The first kappa shape index (κ1) is 17.8. The molecule has 1 aliphatic rings. The number of nitrogens with zero attached hydrogens (tertiary/aromatic N) is 2. The van der Waals surface area contributed by atoms with Crippen LogP contribution in [0.4, 0.5) is 0 Å². The normalized spacial score (nSPS) is 15.3. The minimum atomic E-state index is 0.784. The third-order valence-electron chi connectivity index (χ3n) is 4.12. The molecule has 0 spiro atoms. The highest BCUT2D eigenvalue weighted by molar-refractivity contribution is 5.79. The Morgan fingerprint density at radius 3 is 2.78 bits per heavy atom. The van der Waals surface area contributed by atoms with Crippen molar-refractivity contribution in [2.45, 2.75) is 26.3 Å². The van der Waals surface area contributed by atoms with Crippen LogP contribution >= 0.6 is 0 Å². The Morgan fingerprint density at radius 1 is 1.22 bits per heavy atom. The first-order chi connectivity index (χ1) is 11.3. The Hall–Kier alpha value is -1.59. The predicted octanol–water partition coefficient (Wildman–Crippen LogP) is 1.64. The second-order valence-corrected chi connectivity index (χ2v) is 5.77. The lowest BCUT2D eigenvalue weighted by atomic mass is 10.00. The zero-order valence-corrected chi connectivity index (χ0v) is 14.5. The van der Waals surface area contributed by atoms with Crippen LogP contribution in [-0.2, 0) is 17.7 Å². The number of benzene rings is 1. The van der Waals surface area contributed by atoms with Crippen molar-refractivity contribution in [2.24, 2.45) is 4.99 Å². The first-order valence-corrected chi connectivity index (χ1v) is 8.65. The second kappa shape index (κ2) is 10.2. The van der Waals surface area contributed by atoms with Gasteiger partial charge in [-0.1, -0.05) is 24.3 Å². The van der Waals surface area contributed by atoms with Crippen LogP contribution in [0.1, 0.15) is 24.5 Å². The van der Waals surface area contributed by atoms with E-state index in [0.717, 1.165) is 64.7 Å². The lowest BCUT2D eigenvalue weighted by Crippen LogP contribution is -2.43. The summed E-state index contributed by atoms with van der Waals surface area (Å²) in [5.74, 6) is 0.874. The quantitative estimate of drug-likeness (QED) is 0.435. The van der Waals surface area contributed by atoms with E-state index in [2.05, 4.69) is 44.8 Å². The van der Waals surface area contributed by atoms with Gasteiger partial charge in [0, 0.05) is 53.0 Å². The van der Waals surface area contributed by atoms with Gasteiger partial charge in [0.05, 0.1) is 0 Å². The zero-order chi connectivity index (χ0) is 16.3. The van der Waals surface area contributed by atoms with Gasteiger partial charge in [0.1, 0.15) is 0 Å². The van der Waals surface area contributed by atoms with E-state index in [1.54, 1.807) is 0 Å².